The predicted octanol–water partition coefficient (Wildman–Crippen LogP) is 3.00. The summed E-state index contributed by atoms with van der Waals surface area (Å²) in [4.78, 5) is 26.6. The number of nitrogens with zero attached hydrogens (tertiary/aromatic N) is 5. The van der Waals surface area contributed by atoms with Crippen molar-refractivity contribution >= 4 is 29.0 Å². The van der Waals surface area contributed by atoms with Crippen LogP contribution in [-0.2, 0) is 20.8 Å². The minimum atomic E-state index is -2.14. The number of nitrogen functional groups attached to an aromatic ring is 1. The quantitative estimate of drug-likeness (QED) is 0.416. The van der Waals surface area contributed by atoms with Crippen molar-refractivity contribution in [2.24, 2.45) is 0 Å². The van der Waals surface area contributed by atoms with Crippen LogP contribution in [0.1, 0.15) is 39.5 Å². The number of hydrogen-bond donors (Lipinski definition) is 2. The van der Waals surface area contributed by atoms with Crippen LogP contribution in [0.25, 0.3) is 11.2 Å². The average molecular weight is 563 g/mol. The number of aromatic nitrogens is 4. The first-order chi connectivity index (χ1) is 18.8. The molecule has 0 radical (unpaired) electrons. The molecule has 1 amide bonds. The van der Waals surface area contributed by atoms with E-state index in [1.54, 1.807) is 39.0 Å². The number of aliphatic hydroxyl groups is 1. The maximum absolute atomic E-state index is 16.5. The van der Waals surface area contributed by atoms with E-state index in [2.05, 4.69) is 15.0 Å². The van der Waals surface area contributed by atoms with Crippen molar-refractivity contribution in [3.8, 4) is 11.5 Å². The molecule has 0 saturated carbocycles. The molecule has 14 heteroatoms. The molecule has 218 valence electrons. The van der Waals surface area contributed by atoms with Gasteiger partial charge in [0.05, 0.1) is 33.8 Å². The molecule has 2 aromatic heterocycles. The fraction of sp³-hybridized carbons (Fsp3) is 0.538. The Labute approximate surface area is 231 Å². The number of hydrogen-bond acceptors (Lipinski definition) is 11. The monoisotopic (exact) mass is 562 g/mol. The van der Waals surface area contributed by atoms with Gasteiger partial charge in [-0.3, -0.25) is 9.47 Å². The highest BCUT2D eigenvalue weighted by molar-refractivity contribution is 5.95. The van der Waals surface area contributed by atoms with Gasteiger partial charge >= 0.3 is 6.09 Å². The van der Waals surface area contributed by atoms with E-state index in [0.717, 1.165) is 4.90 Å². The third-order valence-corrected chi connectivity index (χ3v) is 6.40. The number of carbonyl (C=O) groups excluding carboxylic acids is 1. The number of nitrogens with two attached hydrogens (primary N) is 1. The zero-order chi connectivity index (χ0) is 29.4. The average Bonchev–Trinajstić information content (AvgIpc) is 3.41. The van der Waals surface area contributed by atoms with E-state index in [9.17, 15) is 9.90 Å². The number of rotatable bonds is 8. The number of ether oxygens (including phenoxy) is 5. The molecule has 1 saturated heterocycles. The van der Waals surface area contributed by atoms with Gasteiger partial charge < -0.3 is 34.5 Å². The Hall–Kier alpha value is -3.75. The van der Waals surface area contributed by atoms with Crippen LogP contribution < -0.4 is 20.1 Å². The third kappa shape index (κ3) is 5.60. The molecule has 4 rings (SSSR count). The van der Waals surface area contributed by atoms with Crippen LogP contribution in [0.5, 0.6) is 11.5 Å². The molecule has 4 atom stereocenters. The van der Waals surface area contributed by atoms with Crippen molar-refractivity contribution in [2.75, 3.05) is 38.5 Å². The third-order valence-electron chi connectivity index (χ3n) is 6.40. The fourth-order valence-corrected chi connectivity index (χ4v) is 4.52. The molecule has 3 heterocycles. The highest BCUT2D eigenvalue weighted by Gasteiger charge is 2.56. The maximum atomic E-state index is 16.5. The molecular formula is C26H35FN6O7. The van der Waals surface area contributed by atoms with Gasteiger partial charge in [0.25, 0.3) is 0 Å². The lowest BCUT2D eigenvalue weighted by atomic mass is 9.98. The molecule has 1 aromatic carbocycles. The Morgan fingerprint density at radius 1 is 1.25 bits per heavy atom. The summed E-state index contributed by atoms with van der Waals surface area (Å²) < 4.78 is 45.8. The maximum Gasteiger partial charge on any atom is 0.415 e. The summed E-state index contributed by atoms with van der Waals surface area (Å²) >= 11 is 0. The lowest BCUT2D eigenvalue weighted by Crippen LogP contribution is -2.42. The van der Waals surface area contributed by atoms with Gasteiger partial charge in [-0.25, -0.2) is 14.2 Å². The number of benzene rings is 1. The lowest BCUT2D eigenvalue weighted by molar-refractivity contribution is -0.0675. The van der Waals surface area contributed by atoms with Crippen molar-refractivity contribution in [1.29, 1.82) is 0 Å². The number of aliphatic hydroxyl groups excluding tert-OH is 1. The van der Waals surface area contributed by atoms with Gasteiger partial charge in [-0.2, -0.15) is 9.97 Å². The van der Waals surface area contributed by atoms with E-state index in [1.807, 2.05) is 0 Å². The summed E-state index contributed by atoms with van der Waals surface area (Å²) in [7, 11) is 4.50. The second-order valence-electron chi connectivity index (χ2n) is 10.6. The number of carbonyl (C=O) groups is 1. The second kappa shape index (κ2) is 11.0. The molecule has 1 aliphatic heterocycles. The van der Waals surface area contributed by atoms with E-state index < -0.39 is 42.4 Å². The van der Waals surface area contributed by atoms with Crippen molar-refractivity contribution in [3.63, 3.8) is 0 Å². The van der Waals surface area contributed by atoms with Crippen molar-refractivity contribution in [3.05, 3.63) is 30.1 Å². The number of imidazole rings is 1. The first kappa shape index (κ1) is 29.2. The van der Waals surface area contributed by atoms with E-state index in [-0.39, 0.29) is 29.5 Å². The topological polar surface area (TPSA) is 156 Å². The second-order valence-corrected chi connectivity index (χ2v) is 10.6. The molecule has 0 bridgehead atoms. The summed E-state index contributed by atoms with van der Waals surface area (Å²) in [5.41, 5.74) is 4.08. The zero-order valence-electron chi connectivity index (χ0n) is 23.5. The highest BCUT2D eigenvalue weighted by Crippen LogP contribution is 2.44. The van der Waals surface area contributed by atoms with Crippen LogP contribution in [0.4, 0.5) is 21.0 Å². The van der Waals surface area contributed by atoms with Crippen molar-refractivity contribution in [2.45, 2.75) is 64.0 Å². The Balaban J connectivity index is 1.63. The Kier molecular flexibility index (Phi) is 8.06. The van der Waals surface area contributed by atoms with Gasteiger partial charge in [-0.1, -0.05) is 6.07 Å². The molecule has 3 aromatic rings. The molecule has 0 aliphatic carbocycles. The summed E-state index contributed by atoms with van der Waals surface area (Å²) in [6.07, 6.45) is -2.81. The molecule has 1 fully saturated rings. The molecule has 1 aliphatic rings. The summed E-state index contributed by atoms with van der Waals surface area (Å²) in [5.74, 6) is 0.955. The van der Waals surface area contributed by atoms with E-state index in [1.165, 1.54) is 39.1 Å². The molecule has 0 unspecified atom stereocenters. The highest BCUT2D eigenvalue weighted by atomic mass is 19.1. The summed E-state index contributed by atoms with van der Waals surface area (Å²) in [6, 6.07) is 5.21. The van der Waals surface area contributed by atoms with E-state index in [0.29, 0.717) is 17.1 Å². The van der Waals surface area contributed by atoms with Gasteiger partial charge in [-0.15, -0.1) is 0 Å². The van der Waals surface area contributed by atoms with Gasteiger partial charge in [0.1, 0.15) is 17.8 Å². The van der Waals surface area contributed by atoms with Gasteiger partial charge in [0, 0.05) is 7.05 Å². The SMILES string of the molecule is COc1ccc(CO[C@@H]2[C@@H](CO)O[C@@H](n3cnc4c(N(C)C(=O)OC(C)(C)C)nc(N)nc43)[C@]2(C)F)cc1OC. The van der Waals surface area contributed by atoms with Gasteiger partial charge in [0.15, 0.2) is 40.4 Å². The molecule has 0 spiro atoms. The van der Waals surface area contributed by atoms with Crippen LogP contribution in [0.15, 0.2) is 24.5 Å². The smallest absolute Gasteiger partial charge is 0.415 e. The largest absolute Gasteiger partial charge is 0.493 e. The van der Waals surface area contributed by atoms with Crippen molar-refractivity contribution < 1.29 is 38.0 Å². The number of fused-ring (bicyclic) bond motifs is 1. The predicted molar refractivity (Wildman–Crippen MR) is 143 cm³/mol. The number of methoxy groups -OCH3 is 2. The standard InChI is InChI=1S/C26H35FN6O7/c1-25(2,3)40-24(35)32(5)20-18-21(31-23(28)30-20)33(13-29-18)22-26(4,27)19(17(11-34)39-22)38-12-14-8-9-15(36-6)16(10-14)37-7/h8-10,13,17,19,22,34H,11-12H2,1-7H3,(H2,28,30,31)/t17-,19-,22-,26-/m1/s1. The van der Waals surface area contributed by atoms with Gasteiger partial charge in [0.2, 0.25) is 5.95 Å². The van der Waals surface area contributed by atoms with Crippen LogP contribution >= 0.6 is 0 Å². The van der Waals surface area contributed by atoms with E-state index >= 15 is 4.39 Å². The molecular weight excluding hydrogens is 527 g/mol. The Bertz CT molecular complexity index is 1380. The number of amides is 1. The number of alkyl halides is 1. The first-order valence-corrected chi connectivity index (χ1v) is 12.5. The Morgan fingerprint density at radius 2 is 1.95 bits per heavy atom. The minimum Gasteiger partial charge on any atom is -0.493 e. The zero-order valence-corrected chi connectivity index (χ0v) is 23.5. The Morgan fingerprint density at radius 3 is 2.58 bits per heavy atom. The molecule has 40 heavy (non-hydrogen) atoms. The van der Waals surface area contributed by atoms with Crippen LogP contribution in [-0.4, -0.2) is 82.1 Å². The fourth-order valence-electron chi connectivity index (χ4n) is 4.52. The van der Waals surface area contributed by atoms with Crippen LogP contribution in [0.3, 0.4) is 0 Å². The first-order valence-electron chi connectivity index (χ1n) is 12.5. The minimum absolute atomic E-state index is 0.0156. The molecule has 3 N–H and O–H groups in total. The normalized spacial score (nSPS) is 22.9. The number of anilines is 2. The number of halogens is 1. The van der Waals surface area contributed by atoms with Crippen molar-refractivity contribution in [1.82, 2.24) is 19.5 Å². The van der Waals surface area contributed by atoms with Crippen LogP contribution in [0, 0.1) is 0 Å². The summed E-state index contributed by atoms with van der Waals surface area (Å²) in [6.45, 7) is 6.04. The van der Waals surface area contributed by atoms with Gasteiger partial charge in [-0.05, 0) is 45.4 Å². The molecule has 13 nitrogen and oxygen atoms in total. The van der Waals surface area contributed by atoms with Crippen LogP contribution in [0.2, 0.25) is 0 Å². The lowest BCUT2D eigenvalue weighted by Gasteiger charge is -2.28. The summed E-state index contributed by atoms with van der Waals surface area (Å²) in [5, 5.41) is 10.0. The van der Waals surface area contributed by atoms with E-state index in [4.69, 9.17) is 29.4 Å².